The Balaban J connectivity index is 1.46. The van der Waals surface area contributed by atoms with E-state index in [0.717, 1.165) is 12.8 Å². The molecule has 32 heavy (non-hydrogen) atoms. The highest BCUT2D eigenvalue weighted by molar-refractivity contribution is 6.06. The number of allylic oxidation sites excluding steroid dienone is 2. The maximum Gasteiger partial charge on any atom is 0.255 e. The lowest BCUT2D eigenvalue weighted by atomic mass is 10.2. The van der Waals surface area contributed by atoms with Crippen molar-refractivity contribution in [1.29, 1.82) is 0 Å². The number of imidazole rings is 1. The maximum atomic E-state index is 12.4. The van der Waals surface area contributed by atoms with Gasteiger partial charge in [-0.1, -0.05) is 18.7 Å². The minimum absolute atomic E-state index is 0.0169. The molecule has 9 heteroatoms. The molecule has 0 bridgehead atoms. The van der Waals surface area contributed by atoms with Gasteiger partial charge in [-0.3, -0.25) is 9.59 Å². The molecule has 0 saturated heterocycles. The number of ether oxygens (including phenoxy) is 1. The first-order chi connectivity index (χ1) is 15.6. The number of anilines is 2. The number of carbonyl (C=O) groups excluding carboxylic acids is 2. The third kappa shape index (κ3) is 5.01. The molecule has 4 N–H and O–H groups in total. The maximum absolute atomic E-state index is 12.4. The lowest BCUT2D eigenvalue weighted by molar-refractivity contribution is -0.117. The zero-order valence-electron chi connectivity index (χ0n) is 17.2. The Bertz CT molecular complexity index is 1240. The molecule has 4 rings (SSSR count). The van der Waals surface area contributed by atoms with Crippen LogP contribution in [0.25, 0.3) is 5.65 Å². The number of nitrogens with zero attached hydrogens (tertiary/aromatic N) is 3. The van der Waals surface area contributed by atoms with Crippen LogP contribution in [0.2, 0.25) is 0 Å². The Kier molecular flexibility index (Phi) is 5.98. The van der Waals surface area contributed by atoms with Crippen LogP contribution in [-0.4, -0.2) is 26.4 Å². The smallest absolute Gasteiger partial charge is 0.255 e. The summed E-state index contributed by atoms with van der Waals surface area (Å²) >= 11 is 0. The Labute approximate surface area is 184 Å². The highest BCUT2D eigenvalue weighted by Crippen LogP contribution is 2.30. The van der Waals surface area contributed by atoms with Crippen LogP contribution in [0.15, 0.2) is 79.2 Å². The van der Waals surface area contributed by atoms with Gasteiger partial charge in [0.15, 0.2) is 11.5 Å². The van der Waals surface area contributed by atoms with Gasteiger partial charge in [-0.25, -0.2) is 9.50 Å². The molecule has 2 heterocycles. The first-order valence-corrected chi connectivity index (χ1v) is 10.0. The minimum Gasteiger partial charge on any atom is -0.438 e. The number of hydrogen-bond donors (Lipinski definition) is 3. The molecule has 2 aromatic heterocycles. The summed E-state index contributed by atoms with van der Waals surface area (Å²) in [5, 5.41) is 9.96. The van der Waals surface area contributed by atoms with Crippen LogP contribution in [-0.2, 0) is 9.59 Å². The van der Waals surface area contributed by atoms with Crippen molar-refractivity contribution in [3.05, 3.63) is 79.2 Å². The van der Waals surface area contributed by atoms with Crippen molar-refractivity contribution in [1.82, 2.24) is 14.6 Å². The summed E-state index contributed by atoms with van der Waals surface area (Å²) in [4.78, 5) is 28.7. The molecule has 1 fully saturated rings. The second-order valence-electron chi connectivity index (χ2n) is 7.16. The van der Waals surface area contributed by atoms with Crippen LogP contribution in [0, 0.1) is 5.92 Å². The Morgan fingerprint density at radius 2 is 2.06 bits per heavy atom. The number of hydrogen-bond acceptors (Lipinski definition) is 6. The molecule has 0 atom stereocenters. The minimum atomic E-state index is -0.331. The van der Waals surface area contributed by atoms with Gasteiger partial charge in [0.2, 0.25) is 11.8 Å². The Morgan fingerprint density at radius 1 is 1.22 bits per heavy atom. The van der Waals surface area contributed by atoms with Crippen molar-refractivity contribution < 1.29 is 14.3 Å². The first kappa shape index (κ1) is 20.9. The van der Waals surface area contributed by atoms with E-state index in [4.69, 9.17) is 10.5 Å². The Morgan fingerprint density at radius 3 is 2.81 bits per heavy atom. The molecule has 1 saturated carbocycles. The standard InChI is InChI=1S/C23H22N6O3/c1-2-4-15(11-12-24)22(30)25-17-5-3-6-18(13-17)32-21-10-9-20-26-19(14-29(20)28-21)27-23(31)16-7-8-16/h2-6,9-14,16H,1,7-8,24H2,(H,25,30)(H,27,31)/b12-11-,15-4+. The fraction of sp³-hybridized carbons (Fsp3) is 0.130. The van der Waals surface area contributed by atoms with Gasteiger partial charge in [0.1, 0.15) is 5.75 Å². The zero-order valence-corrected chi connectivity index (χ0v) is 17.2. The van der Waals surface area contributed by atoms with Gasteiger partial charge in [0, 0.05) is 29.3 Å². The van der Waals surface area contributed by atoms with Gasteiger partial charge in [0.25, 0.3) is 5.91 Å². The normalized spacial score (nSPS) is 13.8. The summed E-state index contributed by atoms with van der Waals surface area (Å²) in [6.45, 7) is 3.60. The van der Waals surface area contributed by atoms with Crippen LogP contribution in [0.4, 0.5) is 11.5 Å². The van der Waals surface area contributed by atoms with Gasteiger partial charge in [-0.15, -0.1) is 5.10 Å². The van der Waals surface area contributed by atoms with Gasteiger partial charge in [0.05, 0.1) is 6.20 Å². The van der Waals surface area contributed by atoms with Gasteiger partial charge < -0.3 is 21.1 Å². The van der Waals surface area contributed by atoms with E-state index >= 15 is 0 Å². The number of benzene rings is 1. The summed E-state index contributed by atoms with van der Waals surface area (Å²) in [6.07, 6.45) is 9.32. The first-order valence-electron chi connectivity index (χ1n) is 10.0. The highest BCUT2D eigenvalue weighted by atomic mass is 16.5. The van der Waals surface area contributed by atoms with Crippen molar-refractivity contribution in [2.24, 2.45) is 11.7 Å². The SMILES string of the molecule is C=C/C=C(\C=C/N)C(=O)Nc1cccc(Oc2ccc3nc(NC(=O)C4CC4)cn3n2)c1. The van der Waals surface area contributed by atoms with Crippen molar-refractivity contribution in [2.75, 3.05) is 10.6 Å². The summed E-state index contributed by atoms with van der Waals surface area (Å²) < 4.78 is 7.38. The Hall–Kier alpha value is -4.40. The largest absolute Gasteiger partial charge is 0.438 e. The van der Waals surface area contributed by atoms with E-state index in [-0.39, 0.29) is 17.7 Å². The molecule has 2 amide bonds. The average molecular weight is 430 g/mol. The summed E-state index contributed by atoms with van der Waals surface area (Å²) in [5.41, 5.74) is 6.88. The van der Waals surface area contributed by atoms with Crippen LogP contribution < -0.4 is 21.1 Å². The van der Waals surface area contributed by atoms with Crippen LogP contribution >= 0.6 is 0 Å². The van der Waals surface area contributed by atoms with E-state index in [0.29, 0.717) is 34.4 Å². The number of nitrogens with one attached hydrogen (secondary N) is 2. The molecular weight excluding hydrogens is 408 g/mol. The number of amides is 2. The summed E-state index contributed by atoms with van der Waals surface area (Å²) in [6, 6.07) is 10.3. The van der Waals surface area contributed by atoms with Crippen LogP contribution in [0.3, 0.4) is 0 Å². The number of rotatable bonds is 8. The van der Waals surface area contributed by atoms with Gasteiger partial charge in [-0.05, 0) is 49.4 Å². The fourth-order valence-electron chi connectivity index (χ4n) is 2.95. The summed E-state index contributed by atoms with van der Waals surface area (Å²) in [5.74, 6) is 1.01. The van der Waals surface area contributed by atoms with Crippen molar-refractivity contribution in [3.8, 4) is 11.6 Å². The molecule has 1 aliphatic rings. The number of carbonyl (C=O) groups is 2. The average Bonchev–Trinajstić information content (AvgIpc) is 3.55. The molecule has 1 aromatic carbocycles. The van der Waals surface area contributed by atoms with E-state index in [1.54, 1.807) is 48.7 Å². The second kappa shape index (κ2) is 9.17. The van der Waals surface area contributed by atoms with Crippen LogP contribution in [0.5, 0.6) is 11.6 Å². The van der Waals surface area contributed by atoms with Crippen molar-refractivity contribution >= 4 is 29.0 Å². The fourth-order valence-corrected chi connectivity index (χ4v) is 2.95. The highest BCUT2D eigenvalue weighted by Gasteiger charge is 2.30. The third-order valence-corrected chi connectivity index (χ3v) is 4.64. The zero-order chi connectivity index (χ0) is 22.5. The van der Waals surface area contributed by atoms with Crippen molar-refractivity contribution in [2.45, 2.75) is 12.8 Å². The molecule has 0 spiro atoms. The van der Waals surface area contributed by atoms with E-state index in [2.05, 4.69) is 27.3 Å². The van der Waals surface area contributed by atoms with Crippen molar-refractivity contribution in [3.63, 3.8) is 0 Å². The predicted molar refractivity (Wildman–Crippen MR) is 121 cm³/mol. The van der Waals surface area contributed by atoms with E-state index in [9.17, 15) is 9.59 Å². The monoisotopic (exact) mass is 430 g/mol. The number of fused-ring (bicyclic) bond motifs is 1. The molecule has 3 aromatic rings. The molecular formula is C23H22N6O3. The number of nitrogens with two attached hydrogens (primary N) is 1. The van der Waals surface area contributed by atoms with Gasteiger partial charge >= 0.3 is 0 Å². The summed E-state index contributed by atoms with van der Waals surface area (Å²) in [7, 11) is 0. The molecule has 0 aliphatic heterocycles. The predicted octanol–water partition coefficient (Wildman–Crippen LogP) is 3.39. The van der Waals surface area contributed by atoms with E-state index in [1.165, 1.54) is 22.9 Å². The second-order valence-corrected chi connectivity index (χ2v) is 7.16. The van der Waals surface area contributed by atoms with E-state index in [1.807, 2.05) is 0 Å². The van der Waals surface area contributed by atoms with E-state index < -0.39 is 0 Å². The van der Waals surface area contributed by atoms with Crippen LogP contribution in [0.1, 0.15) is 12.8 Å². The molecule has 0 unspecified atom stereocenters. The lowest BCUT2D eigenvalue weighted by Crippen LogP contribution is -2.13. The molecule has 0 radical (unpaired) electrons. The number of aromatic nitrogens is 3. The third-order valence-electron chi connectivity index (χ3n) is 4.64. The quantitative estimate of drug-likeness (QED) is 0.372. The van der Waals surface area contributed by atoms with Gasteiger partial charge in [-0.2, -0.15) is 0 Å². The molecule has 1 aliphatic carbocycles. The topological polar surface area (TPSA) is 124 Å². The molecule has 162 valence electrons. The lowest BCUT2D eigenvalue weighted by Gasteiger charge is -2.09. The molecule has 9 nitrogen and oxygen atoms in total.